The number of amides is 2. The van der Waals surface area contributed by atoms with Crippen LogP contribution in [0.1, 0.15) is 31.3 Å². The van der Waals surface area contributed by atoms with Gasteiger partial charge < -0.3 is 28.6 Å². The SMILES string of the molecule is COc1cc(N2CCN(C(=O)OC(C)(C)C)CC2)ccc1-c1cc(Cl)c(F)c2cc(C(=O)N(C)C)oc12. The summed E-state index contributed by atoms with van der Waals surface area (Å²) >= 11 is 6.22. The van der Waals surface area contributed by atoms with Crippen molar-refractivity contribution in [3.63, 3.8) is 0 Å². The van der Waals surface area contributed by atoms with Gasteiger partial charge in [0.2, 0.25) is 0 Å². The summed E-state index contributed by atoms with van der Waals surface area (Å²) in [6.07, 6.45) is -0.317. The van der Waals surface area contributed by atoms with Crippen molar-refractivity contribution in [3.8, 4) is 16.9 Å². The molecular formula is C27H31ClFN3O5. The van der Waals surface area contributed by atoms with Gasteiger partial charge in [0.15, 0.2) is 11.6 Å². The van der Waals surface area contributed by atoms with Gasteiger partial charge in [0.05, 0.1) is 17.5 Å². The highest BCUT2D eigenvalue weighted by Crippen LogP contribution is 2.41. The van der Waals surface area contributed by atoms with Gasteiger partial charge in [-0.1, -0.05) is 11.6 Å². The first-order valence-corrected chi connectivity index (χ1v) is 12.3. The summed E-state index contributed by atoms with van der Waals surface area (Å²) in [5, 5.41) is 0.0358. The smallest absolute Gasteiger partial charge is 0.410 e. The van der Waals surface area contributed by atoms with Crippen LogP contribution in [-0.2, 0) is 4.74 Å². The number of anilines is 1. The first-order valence-electron chi connectivity index (χ1n) is 11.9. The van der Waals surface area contributed by atoms with Crippen LogP contribution in [0.15, 0.2) is 34.7 Å². The molecular weight excluding hydrogens is 501 g/mol. The average Bonchev–Trinajstić information content (AvgIpc) is 3.30. The first kappa shape index (κ1) is 26.6. The van der Waals surface area contributed by atoms with Crippen LogP contribution in [0.5, 0.6) is 5.75 Å². The molecule has 2 heterocycles. The zero-order valence-electron chi connectivity index (χ0n) is 21.9. The number of methoxy groups -OCH3 is 1. The zero-order chi connectivity index (χ0) is 27.1. The molecule has 1 aliphatic rings. The normalized spacial score (nSPS) is 14.2. The molecule has 2 amide bonds. The molecule has 0 spiro atoms. The van der Waals surface area contributed by atoms with E-state index in [1.165, 1.54) is 17.0 Å². The highest BCUT2D eigenvalue weighted by atomic mass is 35.5. The van der Waals surface area contributed by atoms with E-state index in [1.807, 2.05) is 39.0 Å². The Bertz CT molecular complexity index is 1340. The molecule has 0 atom stereocenters. The average molecular weight is 532 g/mol. The highest BCUT2D eigenvalue weighted by molar-refractivity contribution is 6.32. The molecule has 3 aromatic rings. The lowest BCUT2D eigenvalue weighted by molar-refractivity contribution is 0.0240. The Balaban J connectivity index is 1.63. The van der Waals surface area contributed by atoms with Gasteiger partial charge in [-0.3, -0.25) is 4.79 Å². The maximum atomic E-state index is 14.8. The van der Waals surface area contributed by atoms with Crippen molar-refractivity contribution in [3.05, 3.63) is 46.9 Å². The van der Waals surface area contributed by atoms with E-state index in [0.717, 1.165) is 5.69 Å². The molecule has 1 fully saturated rings. The van der Waals surface area contributed by atoms with Gasteiger partial charge >= 0.3 is 6.09 Å². The van der Waals surface area contributed by atoms with Crippen LogP contribution >= 0.6 is 11.6 Å². The zero-order valence-corrected chi connectivity index (χ0v) is 22.6. The van der Waals surface area contributed by atoms with E-state index in [0.29, 0.717) is 43.1 Å². The molecule has 1 saturated heterocycles. The van der Waals surface area contributed by atoms with Crippen molar-refractivity contribution < 1.29 is 27.9 Å². The molecule has 0 unspecified atom stereocenters. The van der Waals surface area contributed by atoms with E-state index in [9.17, 15) is 14.0 Å². The second-order valence-corrected chi connectivity index (χ2v) is 10.5. The Morgan fingerprint density at radius 1 is 1.05 bits per heavy atom. The fourth-order valence-corrected chi connectivity index (χ4v) is 4.45. The van der Waals surface area contributed by atoms with E-state index in [4.69, 9.17) is 25.5 Å². The maximum Gasteiger partial charge on any atom is 0.410 e. The Morgan fingerprint density at radius 2 is 1.73 bits per heavy atom. The molecule has 0 bridgehead atoms. The molecule has 8 nitrogen and oxygen atoms in total. The summed E-state index contributed by atoms with van der Waals surface area (Å²) in [5.41, 5.74) is 1.74. The summed E-state index contributed by atoms with van der Waals surface area (Å²) in [7, 11) is 4.73. The number of carbonyl (C=O) groups is 2. The monoisotopic (exact) mass is 531 g/mol. The van der Waals surface area contributed by atoms with E-state index in [-0.39, 0.29) is 33.8 Å². The number of nitrogens with zero attached hydrogens (tertiary/aromatic N) is 3. The second-order valence-electron chi connectivity index (χ2n) is 10.1. The highest BCUT2D eigenvalue weighted by Gasteiger charge is 2.27. The number of fused-ring (bicyclic) bond motifs is 1. The van der Waals surface area contributed by atoms with E-state index < -0.39 is 11.4 Å². The van der Waals surface area contributed by atoms with Crippen molar-refractivity contribution in [2.75, 3.05) is 52.3 Å². The molecule has 198 valence electrons. The number of ether oxygens (including phenoxy) is 2. The molecule has 10 heteroatoms. The second kappa shape index (κ2) is 10.1. The Kier molecular flexibility index (Phi) is 7.28. The number of piperazine rings is 1. The van der Waals surface area contributed by atoms with Gasteiger partial charge in [0, 0.05) is 69.2 Å². The number of furan rings is 1. The summed E-state index contributed by atoms with van der Waals surface area (Å²) in [6.45, 7) is 7.86. The summed E-state index contributed by atoms with van der Waals surface area (Å²) in [5.74, 6) is -0.486. The topological polar surface area (TPSA) is 75.5 Å². The molecule has 37 heavy (non-hydrogen) atoms. The molecule has 0 aliphatic carbocycles. The van der Waals surface area contributed by atoms with Gasteiger partial charge in [-0.05, 0) is 39.0 Å². The summed E-state index contributed by atoms with van der Waals surface area (Å²) in [4.78, 5) is 30.1. The van der Waals surface area contributed by atoms with Crippen LogP contribution < -0.4 is 9.64 Å². The Hall–Kier alpha value is -3.46. The van der Waals surface area contributed by atoms with Crippen LogP contribution in [0.25, 0.3) is 22.1 Å². The molecule has 0 saturated carbocycles. The van der Waals surface area contributed by atoms with Crippen molar-refractivity contribution in [1.29, 1.82) is 0 Å². The lowest BCUT2D eigenvalue weighted by Gasteiger charge is -2.37. The summed E-state index contributed by atoms with van der Waals surface area (Å²) in [6, 6.07) is 8.51. The predicted molar refractivity (Wildman–Crippen MR) is 141 cm³/mol. The van der Waals surface area contributed by atoms with Crippen LogP contribution in [0.4, 0.5) is 14.9 Å². The van der Waals surface area contributed by atoms with Crippen LogP contribution in [0.3, 0.4) is 0 Å². The summed E-state index contributed by atoms with van der Waals surface area (Å²) < 4.78 is 31.8. The van der Waals surface area contributed by atoms with E-state index in [2.05, 4.69) is 4.90 Å². The quantitative estimate of drug-likeness (QED) is 0.432. The first-order chi connectivity index (χ1) is 17.4. The van der Waals surface area contributed by atoms with Crippen molar-refractivity contribution in [1.82, 2.24) is 9.80 Å². The number of carbonyl (C=O) groups excluding carboxylic acids is 2. The third-order valence-electron chi connectivity index (χ3n) is 6.08. The number of hydrogen-bond donors (Lipinski definition) is 0. The number of rotatable bonds is 4. The fourth-order valence-electron chi connectivity index (χ4n) is 4.24. The van der Waals surface area contributed by atoms with Gasteiger partial charge in [-0.15, -0.1) is 0 Å². The number of benzene rings is 2. The third-order valence-corrected chi connectivity index (χ3v) is 6.36. The fraction of sp³-hybridized carbons (Fsp3) is 0.407. The maximum absolute atomic E-state index is 14.8. The van der Waals surface area contributed by atoms with Gasteiger partial charge in [0.25, 0.3) is 5.91 Å². The van der Waals surface area contributed by atoms with E-state index >= 15 is 0 Å². The van der Waals surface area contributed by atoms with Crippen molar-refractivity contribution >= 4 is 40.3 Å². The van der Waals surface area contributed by atoms with Gasteiger partial charge in [0.1, 0.15) is 16.9 Å². The van der Waals surface area contributed by atoms with Crippen molar-refractivity contribution in [2.24, 2.45) is 0 Å². The molecule has 1 aliphatic heterocycles. The molecule has 0 radical (unpaired) electrons. The molecule has 4 rings (SSSR count). The third kappa shape index (κ3) is 5.46. The standard InChI is InChI=1S/C27H31ClFN3O5/c1-27(2,3)37-26(34)32-11-9-31(10-12-32)16-7-8-17(21(13-16)35-6)18-14-20(28)23(29)19-15-22(36-24(18)19)25(33)30(4)5/h7-8,13-15H,9-12H2,1-6H3. The molecule has 2 aromatic carbocycles. The minimum Gasteiger partial charge on any atom is -0.496 e. The largest absolute Gasteiger partial charge is 0.496 e. The minimum absolute atomic E-state index is 0.0147. The number of halogens is 2. The lowest BCUT2D eigenvalue weighted by Crippen LogP contribution is -2.50. The molecule has 0 N–H and O–H groups in total. The Labute approximate surface area is 220 Å². The van der Waals surface area contributed by atoms with Crippen LogP contribution in [0.2, 0.25) is 5.02 Å². The van der Waals surface area contributed by atoms with E-state index in [1.54, 1.807) is 26.1 Å². The Morgan fingerprint density at radius 3 is 2.32 bits per heavy atom. The lowest BCUT2D eigenvalue weighted by atomic mass is 10.0. The van der Waals surface area contributed by atoms with Crippen molar-refractivity contribution in [2.45, 2.75) is 26.4 Å². The minimum atomic E-state index is -0.652. The molecule has 1 aromatic heterocycles. The van der Waals surface area contributed by atoms with Gasteiger partial charge in [-0.25, -0.2) is 9.18 Å². The van der Waals surface area contributed by atoms with Crippen LogP contribution in [-0.4, -0.2) is 74.8 Å². The number of hydrogen-bond acceptors (Lipinski definition) is 6. The van der Waals surface area contributed by atoms with Crippen LogP contribution in [0, 0.1) is 5.82 Å². The predicted octanol–water partition coefficient (Wildman–Crippen LogP) is 5.66. The van der Waals surface area contributed by atoms with Gasteiger partial charge in [-0.2, -0.15) is 0 Å².